The molecule has 0 saturated heterocycles. The van der Waals surface area contributed by atoms with Crippen LogP contribution in [0.4, 0.5) is 0 Å². The standard InChI is InChI=1S/C15H21ClO3/c1-3-4-5-6-7-8-19-15-13(16)9-12(11-17)10-14(15)18-2/h9-11H,3-8H2,1-2H3. The van der Waals surface area contributed by atoms with Crippen molar-refractivity contribution in [2.24, 2.45) is 0 Å². The van der Waals surface area contributed by atoms with Gasteiger partial charge in [-0.15, -0.1) is 0 Å². The second-order valence-electron chi connectivity index (χ2n) is 4.41. The van der Waals surface area contributed by atoms with E-state index >= 15 is 0 Å². The molecule has 0 saturated carbocycles. The van der Waals surface area contributed by atoms with E-state index in [1.165, 1.54) is 26.4 Å². The second-order valence-corrected chi connectivity index (χ2v) is 4.82. The monoisotopic (exact) mass is 284 g/mol. The van der Waals surface area contributed by atoms with Gasteiger partial charge in [0.1, 0.15) is 6.29 Å². The van der Waals surface area contributed by atoms with Crippen LogP contribution in [-0.4, -0.2) is 20.0 Å². The van der Waals surface area contributed by atoms with Gasteiger partial charge in [0.15, 0.2) is 11.5 Å². The van der Waals surface area contributed by atoms with Crippen LogP contribution >= 0.6 is 11.6 Å². The van der Waals surface area contributed by atoms with Crippen molar-refractivity contribution < 1.29 is 14.3 Å². The number of carbonyl (C=O) groups excluding carboxylic acids is 1. The molecule has 0 aliphatic rings. The number of hydrogen-bond acceptors (Lipinski definition) is 3. The molecular weight excluding hydrogens is 264 g/mol. The first kappa shape index (κ1) is 15.8. The average Bonchev–Trinajstić information content (AvgIpc) is 2.43. The zero-order valence-corrected chi connectivity index (χ0v) is 12.3. The lowest BCUT2D eigenvalue weighted by atomic mass is 10.2. The van der Waals surface area contributed by atoms with Gasteiger partial charge in [0, 0.05) is 5.56 Å². The van der Waals surface area contributed by atoms with E-state index in [0.29, 0.717) is 28.7 Å². The number of benzene rings is 1. The molecule has 1 aromatic carbocycles. The maximum Gasteiger partial charge on any atom is 0.179 e. The van der Waals surface area contributed by atoms with Crippen LogP contribution in [0.5, 0.6) is 11.5 Å². The molecule has 0 fully saturated rings. The molecule has 0 unspecified atom stereocenters. The number of rotatable bonds is 9. The third-order valence-corrected chi connectivity index (χ3v) is 3.16. The highest BCUT2D eigenvalue weighted by Crippen LogP contribution is 2.36. The molecule has 1 aromatic rings. The van der Waals surface area contributed by atoms with Gasteiger partial charge < -0.3 is 9.47 Å². The molecule has 1 rings (SSSR count). The number of hydrogen-bond donors (Lipinski definition) is 0. The number of unbranched alkanes of at least 4 members (excludes halogenated alkanes) is 4. The van der Waals surface area contributed by atoms with Gasteiger partial charge in [0.2, 0.25) is 0 Å². The van der Waals surface area contributed by atoms with Gasteiger partial charge >= 0.3 is 0 Å². The number of ether oxygens (including phenoxy) is 2. The van der Waals surface area contributed by atoms with E-state index in [1.54, 1.807) is 12.1 Å². The Labute approximate surface area is 119 Å². The summed E-state index contributed by atoms with van der Waals surface area (Å²) in [5.74, 6) is 1.02. The van der Waals surface area contributed by atoms with Crippen LogP contribution < -0.4 is 9.47 Å². The Kier molecular flexibility index (Phi) is 7.34. The topological polar surface area (TPSA) is 35.5 Å². The predicted octanol–water partition coefficient (Wildman–Crippen LogP) is 4.51. The van der Waals surface area contributed by atoms with Crippen LogP contribution in [0.2, 0.25) is 5.02 Å². The molecule has 0 amide bonds. The fraction of sp³-hybridized carbons (Fsp3) is 0.533. The summed E-state index contributed by atoms with van der Waals surface area (Å²) >= 11 is 6.09. The first-order valence-corrected chi connectivity index (χ1v) is 7.06. The van der Waals surface area contributed by atoms with Crippen molar-refractivity contribution in [3.05, 3.63) is 22.7 Å². The number of methoxy groups -OCH3 is 1. The Morgan fingerprint density at radius 3 is 2.58 bits per heavy atom. The minimum absolute atomic E-state index is 0.412. The highest BCUT2D eigenvalue weighted by atomic mass is 35.5. The van der Waals surface area contributed by atoms with Gasteiger partial charge in [-0.2, -0.15) is 0 Å². The van der Waals surface area contributed by atoms with Crippen molar-refractivity contribution in [3.63, 3.8) is 0 Å². The number of aldehydes is 1. The van der Waals surface area contributed by atoms with E-state index in [2.05, 4.69) is 6.92 Å². The highest BCUT2D eigenvalue weighted by Gasteiger charge is 2.11. The Balaban J connectivity index is 2.55. The van der Waals surface area contributed by atoms with Gasteiger partial charge in [-0.25, -0.2) is 0 Å². The minimum atomic E-state index is 0.412. The Hall–Kier alpha value is -1.22. The molecule has 0 bridgehead atoms. The Morgan fingerprint density at radius 1 is 1.21 bits per heavy atom. The van der Waals surface area contributed by atoms with E-state index in [4.69, 9.17) is 21.1 Å². The molecule has 0 spiro atoms. The molecule has 0 heterocycles. The maximum absolute atomic E-state index is 10.7. The van der Waals surface area contributed by atoms with Crippen molar-refractivity contribution in [2.75, 3.05) is 13.7 Å². The van der Waals surface area contributed by atoms with Crippen LogP contribution in [0.15, 0.2) is 12.1 Å². The van der Waals surface area contributed by atoms with E-state index in [-0.39, 0.29) is 0 Å². The quantitative estimate of drug-likeness (QED) is 0.494. The van der Waals surface area contributed by atoms with E-state index < -0.39 is 0 Å². The van der Waals surface area contributed by atoms with Crippen molar-refractivity contribution in [3.8, 4) is 11.5 Å². The predicted molar refractivity (Wildman–Crippen MR) is 77.6 cm³/mol. The molecule has 0 radical (unpaired) electrons. The summed E-state index contributed by atoms with van der Waals surface area (Å²) in [6.45, 7) is 2.80. The van der Waals surface area contributed by atoms with Gasteiger partial charge in [-0.3, -0.25) is 4.79 Å². The fourth-order valence-electron chi connectivity index (χ4n) is 1.83. The number of carbonyl (C=O) groups is 1. The molecule has 0 aliphatic carbocycles. The molecule has 4 heteroatoms. The summed E-state index contributed by atoms with van der Waals surface area (Å²) in [7, 11) is 1.54. The normalized spacial score (nSPS) is 10.3. The van der Waals surface area contributed by atoms with Gasteiger partial charge in [0.05, 0.1) is 18.7 Å². The summed E-state index contributed by atoms with van der Waals surface area (Å²) in [6, 6.07) is 3.22. The summed E-state index contributed by atoms with van der Waals surface area (Å²) in [5.41, 5.74) is 0.483. The van der Waals surface area contributed by atoms with E-state index in [9.17, 15) is 4.79 Å². The maximum atomic E-state index is 10.7. The molecule has 19 heavy (non-hydrogen) atoms. The first-order valence-electron chi connectivity index (χ1n) is 6.68. The van der Waals surface area contributed by atoms with Crippen LogP contribution in [0.3, 0.4) is 0 Å². The molecular formula is C15H21ClO3. The largest absolute Gasteiger partial charge is 0.493 e. The fourth-order valence-corrected chi connectivity index (χ4v) is 2.10. The van der Waals surface area contributed by atoms with Crippen molar-refractivity contribution in [1.29, 1.82) is 0 Å². The molecule has 0 atom stereocenters. The Bertz CT molecular complexity index is 405. The molecule has 0 N–H and O–H groups in total. The second kappa shape index (κ2) is 8.81. The minimum Gasteiger partial charge on any atom is -0.493 e. The number of halogens is 1. The lowest BCUT2D eigenvalue weighted by Gasteiger charge is -2.12. The van der Waals surface area contributed by atoms with Gasteiger partial charge in [0.25, 0.3) is 0 Å². The van der Waals surface area contributed by atoms with Crippen molar-refractivity contribution in [2.45, 2.75) is 39.0 Å². The Morgan fingerprint density at radius 2 is 1.95 bits per heavy atom. The third kappa shape index (κ3) is 5.11. The molecule has 106 valence electrons. The summed E-state index contributed by atoms with van der Waals surface area (Å²) < 4.78 is 10.9. The van der Waals surface area contributed by atoms with Crippen LogP contribution in [0.25, 0.3) is 0 Å². The van der Waals surface area contributed by atoms with Crippen molar-refractivity contribution in [1.82, 2.24) is 0 Å². The first-order chi connectivity index (χ1) is 9.22. The lowest BCUT2D eigenvalue weighted by molar-refractivity contribution is 0.112. The third-order valence-electron chi connectivity index (χ3n) is 2.88. The van der Waals surface area contributed by atoms with Crippen molar-refractivity contribution >= 4 is 17.9 Å². The summed E-state index contributed by atoms with van der Waals surface area (Å²) in [6.07, 6.45) is 6.61. The zero-order chi connectivity index (χ0) is 14.1. The molecule has 0 aliphatic heterocycles. The average molecular weight is 285 g/mol. The van der Waals surface area contributed by atoms with Crippen LogP contribution in [0, 0.1) is 0 Å². The van der Waals surface area contributed by atoms with Gasteiger partial charge in [-0.1, -0.05) is 44.2 Å². The highest BCUT2D eigenvalue weighted by molar-refractivity contribution is 6.32. The SMILES string of the molecule is CCCCCCCOc1c(Cl)cc(C=O)cc1OC. The summed E-state index contributed by atoms with van der Waals surface area (Å²) in [4.78, 5) is 10.7. The van der Waals surface area contributed by atoms with Gasteiger partial charge in [-0.05, 0) is 18.6 Å². The van der Waals surface area contributed by atoms with Crippen LogP contribution in [-0.2, 0) is 0 Å². The summed E-state index contributed by atoms with van der Waals surface area (Å²) in [5, 5.41) is 0.412. The molecule has 0 aromatic heterocycles. The van der Waals surface area contributed by atoms with E-state index in [1.807, 2.05) is 0 Å². The smallest absolute Gasteiger partial charge is 0.179 e. The zero-order valence-electron chi connectivity index (χ0n) is 11.6. The molecule has 3 nitrogen and oxygen atoms in total. The van der Waals surface area contributed by atoms with Crippen LogP contribution in [0.1, 0.15) is 49.4 Å². The van der Waals surface area contributed by atoms with E-state index in [0.717, 1.165) is 19.1 Å². The lowest BCUT2D eigenvalue weighted by Crippen LogP contribution is -2.01.